The minimum absolute atomic E-state index is 0.0876. The third-order valence-corrected chi connectivity index (χ3v) is 2.32. The van der Waals surface area contributed by atoms with Gasteiger partial charge in [0.25, 0.3) is 0 Å². The van der Waals surface area contributed by atoms with Crippen molar-refractivity contribution < 1.29 is 9.84 Å². The summed E-state index contributed by atoms with van der Waals surface area (Å²) in [6, 6.07) is 3.80. The highest BCUT2D eigenvalue weighted by atomic mass is 16.5. The minimum atomic E-state index is 0.0876. The lowest BCUT2D eigenvalue weighted by atomic mass is 10.2. The molecule has 1 aromatic rings. The van der Waals surface area contributed by atoms with Crippen LogP contribution in [-0.2, 0) is 11.3 Å². The molecule has 0 saturated carbocycles. The highest BCUT2D eigenvalue weighted by Crippen LogP contribution is 2.15. The predicted octanol–water partition coefficient (Wildman–Crippen LogP) is -0.0146. The van der Waals surface area contributed by atoms with Crippen molar-refractivity contribution in [2.75, 3.05) is 38.3 Å². The maximum atomic E-state index is 9.02. The van der Waals surface area contributed by atoms with Gasteiger partial charge in [-0.2, -0.15) is 0 Å². The first-order chi connectivity index (χ1) is 7.83. The number of aromatic nitrogens is 1. The molecule has 3 N–H and O–H groups in total. The van der Waals surface area contributed by atoms with Crippen molar-refractivity contribution in [3.05, 3.63) is 23.9 Å². The average molecular weight is 225 g/mol. The molecular weight excluding hydrogens is 206 g/mol. The maximum Gasteiger partial charge on any atom is 0.133 e. The van der Waals surface area contributed by atoms with Gasteiger partial charge in [-0.3, -0.25) is 0 Å². The summed E-state index contributed by atoms with van der Waals surface area (Å²) in [7, 11) is 1.65. The molecule has 0 amide bonds. The minimum Gasteiger partial charge on any atom is -0.395 e. The summed E-state index contributed by atoms with van der Waals surface area (Å²) in [5.41, 5.74) is 6.63. The molecule has 1 heterocycles. The third kappa shape index (κ3) is 3.44. The molecule has 0 fully saturated rings. The van der Waals surface area contributed by atoms with Crippen molar-refractivity contribution in [1.29, 1.82) is 0 Å². The van der Waals surface area contributed by atoms with E-state index in [-0.39, 0.29) is 6.61 Å². The van der Waals surface area contributed by atoms with E-state index in [0.29, 0.717) is 26.2 Å². The molecule has 90 valence electrons. The van der Waals surface area contributed by atoms with Crippen LogP contribution in [0.25, 0.3) is 0 Å². The molecule has 1 rings (SSSR count). The lowest BCUT2D eigenvalue weighted by Gasteiger charge is -2.24. The Bertz CT molecular complexity index is 307. The lowest BCUT2D eigenvalue weighted by molar-refractivity contribution is 0.202. The van der Waals surface area contributed by atoms with E-state index in [0.717, 1.165) is 11.4 Å². The van der Waals surface area contributed by atoms with E-state index in [9.17, 15) is 0 Å². The first-order valence-corrected chi connectivity index (χ1v) is 5.32. The van der Waals surface area contributed by atoms with Crippen molar-refractivity contribution in [3.8, 4) is 0 Å². The van der Waals surface area contributed by atoms with Crippen molar-refractivity contribution in [2.45, 2.75) is 6.54 Å². The highest BCUT2D eigenvalue weighted by molar-refractivity contribution is 5.46. The number of nitrogens with two attached hydrogens (primary N) is 1. The number of hydrogen-bond donors (Lipinski definition) is 2. The number of anilines is 1. The molecule has 0 saturated heterocycles. The summed E-state index contributed by atoms with van der Waals surface area (Å²) >= 11 is 0. The fourth-order valence-corrected chi connectivity index (χ4v) is 1.52. The Hall–Kier alpha value is -1.17. The Morgan fingerprint density at radius 3 is 2.94 bits per heavy atom. The average Bonchev–Trinajstić information content (AvgIpc) is 2.34. The SMILES string of the molecule is COCCN(CCO)c1ncccc1CN. The van der Waals surface area contributed by atoms with Crippen LogP contribution < -0.4 is 10.6 Å². The van der Waals surface area contributed by atoms with Gasteiger partial charge in [0.1, 0.15) is 5.82 Å². The second-order valence-electron chi connectivity index (χ2n) is 3.39. The number of hydrogen-bond acceptors (Lipinski definition) is 5. The number of methoxy groups -OCH3 is 1. The number of nitrogens with zero attached hydrogens (tertiary/aromatic N) is 2. The molecule has 0 unspecified atom stereocenters. The molecule has 0 radical (unpaired) electrons. The van der Waals surface area contributed by atoms with E-state index < -0.39 is 0 Å². The molecule has 0 aliphatic rings. The van der Waals surface area contributed by atoms with Crippen LogP contribution in [0.15, 0.2) is 18.3 Å². The number of aliphatic hydroxyl groups is 1. The molecule has 0 spiro atoms. The summed E-state index contributed by atoms with van der Waals surface area (Å²) in [5, 5.41) is 9.02. The van der Waals surface area contributed by atoms with Crippen LogP contribution in [0.1, 0.15) is 5.56 Å². The van der Waals surface area contributed by atoms with Crippen molar-refractivity contribution in [3.63, 3.8) is 0 Å². The van der Waals surface area contributed by atoms with Gasteiger partial charge in [0.15, 0.2) is 0 Å². The fraction of sp³-hybridized carbons (Fsp3) is 0.545. The number of pyridine rings is 1. The number of rotatable bonds is 7. The van der Waals surface area contributed by atoms with Crippen LogP contribution in [-0.4, -0.2) is 43.5 Å². The van der Waals surface area contributed by atoms with Gasteiger partial charge >= 0.3 is 0 Å². The van der Waals surface area contributed by atoms with Gasteiger partial charge in [-0.1, -0.05) is 6.07 Å². The summed E-state index contributed by atoms with van der Waals surface area (Å²) in [5.74, 6) is 0.830. The van der Waals surface area contributed by atoms with Gasteiger partial charge in [0.2, 0.25) is 0 Å². The van der Waals surface area contributed by atoms with E-state index in [2.05, 4.69) is 4.98 Å². The van der Waals surface area contributed by atoms with E-state index in [1.807, 2.05) is 17.0 Å². The molecule has 0 aromatic carbocycles. The van der Waals surface area contributed by atoms with Crippen LogP contribution in [0.3, 0.4) is 0 Å². The fourth-order valence-electron chi connectivity index (χ4n) is 1.52. The second-order valence-corrected chi connectivity index (χ2v) is 3.39. The normalized spacial score (nSPS) is 10.4. The van der Waals surface area contributed by atoms with Gasteiger partial charge < -0.3 is 20.5 Å². The number of ether oxygens (including phenoxy) is 1. The van der Waals surface area contributed by atoms with E-state index >= 15 is 0 Å². The zero-order valence-corrected chi connectivity index (χ0v) is 9.59. The van der Waals surface area contributed by atoms with Crippen molar-refractivity contribution in [2.24, 2.45) is 5.73 Å². The van der Waals surface area contributed by atoms with Gasteiger partial charge in [-0.05, 0) is 6.07 Å². The zero-order chi connectivity index (χ0) is 11.8. The largest absolute Gasteiger partial charge is 0.395 e. The Kier molecular flexibility index (Phi) is 5.77. The van der Waals surface area contributed by atoms with E-state index in [1.165, 1.54) is 0 Å². The number of aliphatic hydroxyl groups excluding tert-OH is 1. The molecule has 0 bridgehead atoms. The second kappa shape index (κ2) is 7.16. The van der Waals surface area contributed by atoms with Crippen LogP contribution in [0.2, 0.25) is 0 Å². The monoisotopic (exact) mass is 225 g/mol. The Balaban J connectivity index is 2.81. The highest BCUT2D eigenvalue weighted by Gasteiger charge is 2.10. The van der Waals surface area contributed by atoms with Gasteiger partial charge in [0.05, 0.1) is 13.2 Å². The molecule has 0 aliphatic heterocycles. The molecule has 5 heteroatoms. The first kappa shape index (κ1) is 12.9. The summed E-state index contributed by atoms with van der Waals surface area (Å²) in [6.45, 7) is 2.36. The van der Waals surface area contributed by atoms with E-state index in [1.54, 1.807) is 13.3 Å². The van der Waals surface area contributed by atoms with Crippen LogP contribution in [0, 0.1) is 0 Å². The molecular formula is C11H19N3O2. The standard InChI is InChI=1S/C11H19N3O2/c1-16-8-6-14(5-7-15)11-10(9-12)3-2-4-13-11/h2-4,15H,5-9,12H2,1H3. The van der Waals surface area contributed by atoms with Crippen LogP contribution >= 0.6 is 0 Å². The smallest absolute Gasteiger partial charge is 0.133 e. The molecule has 1 aromatic heterocycles. The Labute approximate surface area is 95.8 Å². The summed E-state index contributed by atoms with van der Waals surface area (Å²) in [6.07, 6.45) is 1.73. The van der Waals surface area contributed by atoms with E-state index in [4.69, 9.17) is 15.6 Å². The predicted molar refractivity (Wildman–Crippen MR) is 63.3 cm³/mol. The molecule has 0 aliphatic carbocycles. The molecule has 16 heavy (non-hydrogen) atoms. The third-order valence-electron chi connectivity index (χ3n) is 2.32. The lowest BCUT2D eigenvalue weighted by Crippen LogP contribution is -2.32. The van der Waals surface area contributed by atoms with Gasteiger partial charge in [-0.15, -0.1) is 0 Å². The molecule has 0 atom stereocenters. The van der Waals surface area contributed by atoms with Gasteiger partial charge in [-0.25, -0.2) is 4.98 Å². The van der Waals surface area contributed by atoms with Crippen molar-refractivity contribution >= 4 is 5.82 Å². The maximum absolute atomic E-state index is 9.02. The van der Waals surface area contributed by atoms with Crippen LogP contribution in [0.4, 0.5) is 5.82 Å². The summed E-state index contributed by atoms with van der Waals surface area (Å²) in [4.78, 5) is 6.28. The first-order valence-electron chi connectivity index (χ1n) is 5.32. The molecule has 5 nitrogen and oxygen atoms in total. The van der Waals surface area contributed by atoms with Crippen LogP contribution in [0.5, 0.6) is 0 Å². The zero-order valence-electron chi connectivity index (χ0n) is 9.59. The quantitative estimate of drug-likeness (QED) is 0.682. The topological polar surface area (TPSA) is 71.6 Å². The Morgan fingerprint density at radius 2 is 2.31 bits per heavy atom. The summed E-state index contributed by atoms with van der Waals surface area (Å²) < 4.78 is 5.03. The van der Waals surface area contributed by atoms with Gasteiger partial charge in [0, 0.05) is 38.5 Å². The Morgan fingerprint density at radius 1 is 1.50 bits per heavy atom. The van der Waals surface area contributed by atoms with Crippen molar-refractivity contribution in [1.82, 2.24) is 4.98 Å².